The normalized spacial score (nSPS) is 12.0. The zero-order valence-electron chi connectivity index (χ0n) is 15.7. The third kappa shape index (κ3) is 4.94. The van der Waals surface area contributed by atoms with Crippen molar-refractivity contribution >= 4 is 23.4 Å². The third-order valence-electron chi connectivity index (χ3n) is 4.07. The zero-order chi connectivity index (χ0) is 20.1. The molecule has 1 atom stereocenters. The van der Waals surface area contributed by atoms with Crippen LogP contribution in [0.1, 0.15) is 30.0 Å². The van der Waals surface area contributed by atoms with Gasteiger partial charge < -0.3 is 4.74 Å². The highest BCUT2D eigenvalue weighted by atomic mass is 35.5. The average Bonchev–Trinajstić information content (AvgIpc) is 3.05. The Morgan fingerprint density at radius 1 is 1.29 bits per heavy atom. The Balaban J connectivity index is 1.78. The van der Waals surface area contributed by atoms with Gasteiger partial charge in [0.05, 0.1) is 5.02 Å². The van der Waals surface area contributed by atoms with Crippen molar-refractivity contribution in [2.75, 3.05) is 0 Å². The molecule has 4 nitrogen and oxygen atoms in total. The van der Waals surface area contributed by atoms with E-state index in [9.17, 15) is 4.39 Å². The molecule has 0 fully saturated rings. The van der Waals surface area contributed by atoms with Crippen LogP contribution in [-0.4, -0.2) is 14.8 Å². The fourth-order valence-corrected chi connectivity index (χ4v) is 3.88. The number of halogens is 2. The third-order valence-corrected chi connectivity index (χ3v) is 5.40. The number of hydrogen-bond donors (Lipinski definition) is 0. The summed E-state index contributed by atoms with van der Waals surface area (Å²) < 4.78 is 21.1. The van der Waals surface area contributed by atoms with Gasteiger partial charge in [-0.1, -0.05) is 59.3 Å². The second-order valence-electron chi connectivity index (χ2n) is 6.35. The van der Waals surface area contributed by atoms with Crippen molar-refractivity contribution in [2.24, 2.45) is 0 Å². The summed E-state index contributed by atoms with van der Waals surface area (Å²) in [4.78, 5) is 0. The van der Waals surface area contributed by atoms with E-state index in [1.165, 1.54) is 29.3 Å². The van der Waals surface area contributed by atoms with E-state index in [1.807, 2.05) is 17.6 Å². The molecular formula is C21H21ClFN3OS. The molecule has 0 saturated carbocycles. The van der Waals surface area contributed by atoms with Crippen molar-refractivity contribution in [2.45, 2.75) is 37.4 Å². The lowest BCUT2D eigenvalue weighted by atomic mass is 10.2. The Morgan fingerprint density at radius 2 is 2.11 bits per heavy atom. The van der Waals surface area contributed by atoms with Gasteiger partial charge in [0.1, 0.15) is 11.6 Å². The van der Waals surface area contributed by atoms with E-state index in [0.717, 1.165) is 10.9 Å². The number of aryl methyl sites for hydroxylation is 1. The minimum Gasteiger partial charge on any atom is -0.481 e. The highest BCUT2D eigenvalue weighted by Gasteiger charge is 2.20. The smallest absolute Gasteiger partial charge is 0.191 e. The van der Waals surface area contributed by atoms with E-state index in [4.69, 9.17) is 16.3 Å². The predicted octanol–water partition coefficient (Wildman–Crippen LogP) is 6.00. The minimum atomic E-state index is -0.413. The molecule has 28 heavy (non-hydrogen) atoms. The summed E-state index contributed by atoms with van der Waals surface area (Å²) in [6.07, 6.45) is 1.38. The van der Waals surface area contributed by atoms with Crippen molar-refractivity contribution in [3.8, 4) is 5.75 Å². The summed E-state index contributed by atoms with van der Waals surface area (Å²) >= 11 is 7.68. The molecule has 3 rings (SSSR count). The van der Waals surface area contributed by atoms with Crippen LogP contribution in [0.2, 0.25) is 5.02 Å². The van der Waals surface area contributed by atoms with Crippen molar-refractivity contribution < 1.29 is 9.13 Å². The molecule has 0 radical (unpaired) electrons. The number of rotatable bonds is 8. The van der Waals surface area contributed by atoms with Gasteiger partial charge in [-0.15, -0.1) is 16.8 Å². The summed E-state index contributed by atoms with van der Waals surface area (Å²) in [5.74, 6) is 1.44. The number of allylic oxidation sites excluding steroid dienone is 1. The molecule has 0 bridgehead atoms. The first kappa shape index (κ1) is 20.4. The molecule has 3 aromatic rings. The highest BCUT2D eigenvalue weighted by Crippen LogP contribution is 2.31. The largest absolute Gasteiger partial charge is 0.481 e. The summed E-state index contributed by atoms with van der Waals surface area (Å²) in [6.45, 7) is 8.32. The van der Waals surface area contributed by atoms with Crippen LogP contribution in [0.5, 0.6) is 5.75 Å². The second-order valence-corrected chi connectivity index (χ2v) is 7.70. The van der Waals surface area contributed by atoms with Crippen LogP contribution >= 0.6 is 23.4 Å². The predicted molar refractivity (Wildman–Crippen MR) is 111 cm³/mol. The molecule has 1 heterocycles. The van der Waals surface area contributed by atoms with Gasteiger partial charge in [0.2, 0.25) is 0 Å². The maximum atomic E-state index is 13.2. The molecule has 1 aromatic heterocycles. The van der Waals surface area contributed by atoms with Gasteiger partial charge in [0, 0.05) is 12.3 Å². The summed E-state index contributed by atoms with van der Waals surface area (Å²) in [5.41, 5.74) is 2.45. The Morgan fingerprint density at radius 3 is 2.82 bits per heavy atom. The van der Waals surface area contributed by atoms with Gasteiger partial charge in [0.25, 0.3) is 0 Å². The van der Waals surface area contributed by atoms with E-state index in [1.54, 1.807) is 17.8 Å². The van der Waals surface area contributed by atoms with Crippen LogP contribution in [0, 0.1) is 12.7 Å². The Kier molecular flexibility index (Phi) is 6.75. The van der Waals surface area contributed by atoms with Gasteiger partial charge >= 0.3 is 0 Å². The van der Waals surface area contributed by atoms with E-state index >= 15 is 0 Å². The molecule has 0 aliphatic rings. The maximum Gasteiger partial charge on any atom is 0.191 e. The standard InChI is InChI=1S/C21H21ClFN3OS/c1-4-10-26-20(15(3)27-19-9-8-17(23)12-18(19)22)24-25-21(26)28-13-16-7-5-6-14(2)11-16/h4-9,11-12,15H,1,10,13H2,2-3H3. The first-order valence-corrected chi connectivity index (χ1v) is 10.2. The number of benzene rings is 2. The highest BCUT2D eigenvalue weighted by molar-refractivity contribution is 7.98. The number of hydrogen-bond acceptors (Lipinski definition) is 4. The van der Waals surface area contributed by atoms with Crippen molar-refractivity contribution in [3.63, 3.8) is 0 Å². The second kappa shape index (κ2) is 9.26. The first-order valence-electron chi connectivity index (χ1n) is 8.82. The van der Waals surface area contributed by atoms with Crippen LogP contribution in [0.15, 0.2) is 60.3 Å². The van der Waals surface area contributed by atoms with E-state index in [-0.39, 0.29) is 5.02 Å². The van der Waals surface area contributed by atoms with Crippen molar-refractivity contribution in [3.05, 3.63) is 82.9 Å². The van der Waals surface area contributed by atoms with Crippen LogP contribution < -0.4 is 4.74 Å². The molecule has 0 amide bonds. The Labute approximate surface area is 173 Å². The fourth-order valence-electron chi connectivity index (χ4n) is 2.77. The lowest BCUT2D eigenvalue weighted by molar-refractivity contribution is 0.210. The molecule has 1 unspecified atom stereocenters. The first-order chi connectivity index (χ1) is 13.5. The number of nitrogens with zero attached hydrogens (tertiary/aromatic N) is 3. The van der Waals surface area contributed by atoms with E-state index in [2.05, 4.69) is 41.9 Å². The minimum absolute atomic E-state index is 0.218. The molecule has 7 heteroatoms. The van der Waals surface area contributed by atoms with Crippen LogP contribution in [0.4, 0.5) is 4.39 Å². The fraction of sp³-hybridized carbons (Fsp3) is 0.238. The summed E-state index contributed by atoms with van der Waals surface area (Å²) in [6, 6.07) is 12.4. The Hall–Kier alpha value is -2.31. The Bertz CT molecular complexity index is 976. The molecule has 0 saturated heterocycles. The molecule has 0 N–H and O–H groups in total. The van der Waals surface area contributed by atoms with Gasteiger partial charge in [-0.2, -0.15) is 0 Å². The molecule has 2 aromatic carbocycles. The van der Waals surface area contributed by atoms with E-state index in [0.29, 0.717) is 18.1 Å². The molecule has 0 aliphatic heterocycles. The average molecular weight is 418 g/mol. The van der Waals surface area contributed by atoms with Crippen molar-refractivity contribution in [1.29, 1.82) is 0 Å². The summed E-state index contributed by atoms with van der Waals surface area (Å²) in [5, 5.41) is 9.64. The molecule has 146 valence electrons. The molecule has 0 aliphatic carbocycles. The van der Waals surface area contributed by atoms with E-state index < -0.39 is 11.9 Å². The SMILES string of the molecule is C=CCn1c(SCc2cccc(C)c2)nnc1C(C)Oc1ccc(F)cc1Cl. The van der Waals surface area contributed by atoms with Crippen LogP contribution in [-0.2, 0) is 12.3 Å². The van der Waals surface area contributed by atoms with Crippen molar-refractivity contribution in [1.82, 2.24) is 14.8 Å². The topological polar surface area (TPSA) is 39.9 Å². The maximum absolute atomic E-state index is 13.2. The zero-order valence-corrected chi connectivity index (χ0v) is 17.3. The molecular weight excluding hydrogens is 397 g/mol. The van der Waals surface area contributed by atoms with Crippen LogP contribution in [0.3, 0.4) is 0 Å². The van der Waals surface area contributed by atoms with Gasteiger partial charge in [-0.25, -0.2) is 4.39 Å². The number of aromatic nitrogens is 3. The molecule has 0 spiro atoms. The number of thioether (sulfide) groups is 1. The quantitative estimate of drug-likeness (QED) is 0.333. The van der Waals surface area contributed by atoms with Gasteiger partial charge in [0.15, 0.2) is 17.1 Å². The van der Waals surface area contributed by atoms with Crippen LogP contribution in [0.25, 0.3) is 0 Å². The monoisotopic (exact) mass is 417 g/mol. The number of ether oxygens (including phenoxy) is 1. The summed E-state index contributed by atoms with van der Waals surface area (Å²) in [7, 11) is 0. The lowest BCUT2D eigenvalue weighted by Gasteiger charge is -2.16. The van der Waals surface area contributed by atoms with Gasteiger partial charge in [-0.3, -0.25) is 4.57 Å². The lowest BCUT2D eigenvalue weighted by Crippen LogP contribution is -2.12. The van der Waals surface area contributed by atoms with Gasteiger partial charge in [-0.05, 0) is 37.6 Å².